The molecule has 4 N–H and O–H groups in total. The van der Waals surface area contributed by atoms with Crippen molar-refractivity contribution in [3.63, 3.8) is 0 Å². The number of aryl methyl sites for hydroxylation is 1. The van der Waals surface area contributed by atoms with Crippen LogP contribution in [-0.4, -0.2) is 26.0 Å². The smallest absolute Gasteiger partial charge is 0.408 e. The van der Waals surface area contributed by atoms with Gasteiger partial charge < -0.3 is 10.1 Å². The van der Waals surface area contributed by atoms with Gasteiger partial charge in [0.2, 0.25) is 0 Å². The minimum atomic E-state index is -3.71. The summed E-state index contributed by atoms with van der Waals surface area (Å²) in [5.74, 6) is 0. The maximum absolute atomic E-state index is 12.5. The lowest BCUT2D eigenvalue weighted by Gasteiger charge is -2.17. The van der Waals surface area contributed by atoms with Gasteiger partial charge in [0.05, 0.1) is 11.7 Å². The van der Waals surface area contributed by atoms with E-state index in [4.69, 9.17) is 14.9 Å². The average Bonchev–Trinajstić information content (AvgIpc) is 3.27. The average molecular weight is 489 g/mol. The van der Waals surface area contributed by atoms with E-state index in [1.165, 1.54) is 11.3 Å². The first kappa shape index (κ1) is 24.8. The van der Waals surface area contributed by atoms with Crippen LogP contribution in [0.3, 0.4) is 0 Å². The van der Waals surface area contributed by atoms with E-state index in [1.54, 1.807) is 0 Å². The number of benzene rings is 2. The van der Waals surface area contributed by atoms with E-state index in [2.05, 4.69) is 16.1 Å². The lowest BCUT2D eigenvalue weighted by Crippen LogP contribution is -2.32. The van der Waals surface area contributed by atoms with Gasteiger partial charge in [0.15, 0.2) is 0 Å². The summed E-state index contributed by atoms with van der Waals surface area (Å²) in [4.78, 5) is 17.2. The maximum atomic E-state index is 12.5. The third-order valence-corrected chi connectivity index (χ3v) is 6.39. The number of thiazole rings is 1. The maximum Gasteiger partial charge on any atom is 0.408 e. The quantitative estimate of drug-likeness (QED) is 0.351. The van der Waals surface area contributed by atoms with Crippen molar-refractivity contribution in [1.29, 1.82) is 0 Å². The number of carbonyl (C=O) groups excluding carboxylic acids is 1. The van der Waals surface area contributed by atoms with Gasteiger partial charge in [-0.25, -0.2) is 19.6 Å². The summed E-state index contributed by atoms with van der Waals surface area (Å²) >= 11 is 1.51. The number of hydrogen-bond donors (Lipinski definition) is 3. The second-order valence-electron chi connectivity index (χ2n) is 7.64. The van der Waals surface area contributed by atoms with Gasteiger partial charge in [-0.2, -0.15) is 8.42 Å². The highest BCUT2D eigenvalue weighted by atomic mass is 32.2. The molecular formula is C23H28N4O4S2. The first-order valence-corrected chi connectivity index (χ1v) is 13.0. The Morgan fingerprint density at radius 1 is 1.15 bits per heavy atom. The van der Waals surface area contributed by atoms with Crippen LogP contribution in [0.25, 0.3) is 10.6 Å². The number of nitrogens with two attached hydrogens (primary N) is 1. The molecule has 0 spiro atoms. The summed E-state index contributed by atoms with van der Waals surface area (Å²) in [5, 5.41) is 10.7. The Kier molecular flexibility index (Phi) is 8.95. The number of rotatable bonds is 11. The molecule has 0 saturated heterocycles. The number of amides is 1. The third-order valence-electron chi connectivity index (χ3n) is 4.87. The molecule has 0 bridgehead atoms. The first-order chi connectivity index (χ1) is 15.8. The highest BCUT2D eigenvalue weighted by molar-refractivity contribution is 7.87. The van der Waals surface area contributed by atoms with Crippen molar-refractivity contribution in [2.24, 2.45) is 5.14 Å². The zero-order chi connectivity index (χ0) is 23.7. The molecular weight excluding hydrogens is 460 g/mol. The second kappa shape index (κ2) is 11.9. The van der Waals surface area contributed by atoms with Gasteiger partial charge in [-0.1, -0.05) is 54.1 Å². The number of hydrogen-bond acceptors (Lipinski definition) is 6. The lowest BCUT2D eigenvalue weighted by atomic mass is 10.1. The van der Waals surface area contributed by atoms with Gasteiger partial charge >= 0.3 is 6.09 Å². The molecule has 1 unspecified atom stereocenters. The number of alkyl carbamates (subject to hydrolysis) is 1. The van der Waals surface area contributed by atoms with Crippen molar-refractivity contribution in [1.82, 2.24) is 15.0 Å². The molecule has 3 rings (SSSR count). The van der Waals surface area contributed by atoms with Crippen molar-refractivity contribution >= 4 is 27.6 Å². The molecule has 0 radical (unpaired) electrons. The monoisotopic (exact) mass is 488 g/mol. The minimum Gasteiger partial charge on any atom is -0.445 e. The Hall–Kier alpha value is -2.79. The summed E-state index contributed by atoms with van der Waals surface area (Å²) in [6.07, 6.45) is 1.27. The van der Waals surface area contributed by atoms with Gasteiger partial charge in [-0.05, 0) is 37.8 Å². The zero-order valence-electron chi connectivity index (χ0n) is 18.4. The third kappa shape index (κ3) is 8.58. The van der Waals surface area contributed by atoms with Crippen LogP contribution in [0, 0.1) is 6.92 Å². The van der Waals surface area contributed by atoms with Crippen LogP contribution in [0.4, 0.5) is 4.79 Å². The molecule has 3 aromatic rings. The van der Waals surface area contributed by atoms with Crippen LogP contribution in [0.5, 0.6) is 0 Å². The second-order valence-corrected chi connectivity index (χ2v) is 9.88. The standard InChI is InChI=1S/C23H28N4O4S2/c1-17-8-7-11-19(14-17)22-26-21(16-32-22)20(12-5-6-13-25-33(24,29)30)27-23(28)31-15-18-9-3-2-4-10-18/h2-4,7-11,14,16,20,25H,5-6,12-13,15H2,1H3,(H,27,28)(H2,24,29,30). The number of nitrogens with zero attached hydrogens (tertiary/aromatic N) is 1. The molecule has 2 aromatic carbocycles. The molecule has 1 atom stereocenters. The molecule has 176 valence electrons. The molecule has 1 aromatic heterocycles. The van der Waals surface area contributed by atoms with Crippen molar-refractivity contribution < 1.29 is 17.9 Å². The van der Waals surface area contributed by atoms with Crippen LogP contribution in [0.2, 0.25) is 0 Å². The van der Waals surface area contributed by atoms with E-state index in [0.29, 0.717) is 19.3 Å². The molecule has 8 nitrogen and oxygen atoms in total. The molecule has 33 heavy (non-hydrogen) atoms. The Labute approximate surface area is 198 Å². The van der Waals surface area contributed by atoms with E-state index in [9.17, 15) is 13.2 Å². The van der Waals surface area contributed by atoms with Gasteiger partial charge in [0.1, 0.15) is 11.6 Å². The Morgan fingerprint density at radius 2 is 1.94 bits per heavy atom. The van der Waals surface area contributed by atoms with E-state index >= 15 is 0 Å². The first-order valence-electron chi connectivity index (χ1n) is 10.6. The normalized spacial score (nSPS) is 12.3. The largest absolute Gasteiger partial charge is 0.445 e. The van der Waals surface area contributed by atoms with Crippen LogP contribution in [-0.2, 0) is 21.6 Å². The predicted molar refractivity (Wildman–Crippen MR) is 130 cm³/mol. The Bertz CT molecular complexity index is 1150. The van der Waals surface area contributed by atoms with E-state index in [-0.39, 0.29) is 19.2 Å². The van der Waals surface area contributed by atoms with Crippen LogP contribution < -0.4 is 15.2 Å². The number of aromatic nitrogens is 1. The Balaban J connectivity index is 1.65. The minimum absolute atomic E-state index is 0.170. The number of unbranched alkanes of at least 4 members (excludes halogenated alkanes) is 1. The summed E-state index contributed by atoms with van der Waals surface area (Å²) in [5.41, 5.74) is 3.81. The molecule has 10 heteroatoms. The molecule has 0 aliphatic rings. The van der Waals surface area contributed by atoms with E-state index in [0.717, 1.165) is 27.4 Å². The van der Waals surface area contributed by atoms with Crippen LogP contribution in [0.1, 0.15) is 42.1 Å². The van der Waals surface area contributed by atoms with Crippen molar-refractivity contribution in [2.45, 2.75) is 38.8 Å². The zero-order valence-corrected chi connectivity index (χ0v) is 20.0. The van der Waals surface area contributed by atoms with Gasteiger partial charge in [0.25, 0.3) is 10.2 Å². The summed E-state index contributed by atoms with van der Waals surface area (Å²) < 4.78 is 29.7. The van der Waals surface area contributed by atoms with Crippen molar-refractivity contribution in [3.05, 3.63) is 76.8 Å². The number of ether oxygens (including phenoxy) is 1. The molecule has 0 fully saturated rings. The fraction of sp³-hybridized carbons (Fsp3) is 0.304. The summed E-state index contributed by atoms with van der Waals surface area (Å²) in [7, 11) is -3.71. The highest BCUT2D eigenvalue weighted by Gasteiger charge is 2.19. The number of nitrogens with one attached hydrogen (secondary N) is 2. The Morgan fingerprint density at radius 3 is 2.67 bits per heavy atom. The van der Waals surface area contributed by atoms with Gasteiger partial charge in [-0.15, -0.1) is 11.3 Å². The van der Waals surface area contributed by atoms with E-state index < -0.39 is 16.3 Å². The molecule has 1 heterocycles. The van der Waals surface area contributed by atoms with Crippen LogP contribution in [0.15, 0.2) is 60.0 Å². The molecule has 1 amide bonds. The summed E-state index contributed by atoms with van der Waals surface area (Å²) in [6, 6.07) is 17.2. The van der Waals surface area contributed by atoms with Gasteiger partial charge in [0, 0.05) is 17.5 Å². The van der Waals surface area contributed by atoms with Crippen LogP contribution >= 0.6 is 11.3 Å². The SMILES string of the molecule is Cc1cccc(-c2nc(C(CCCCNS(N)(=O)=O)NC(=O)OCc3ccccc3)cs2)c1. The highest BCUT2D eigenvalue weighted by Crippen LogP contribution is 2.29. The fourth-order valence-electron chi connectivity index (χ4n) is 3.25. The van der Waals surface area contributed by atoms with Gasteiger partial charge in [-0.3, -0.25) is 0 Å². The van der Waals surface area contributed by atoms with Crippen molar-refractivity contribution in [3.8, 4) is 10.6 Å². The topological polar surface area (TPSA) is 123 Å². The van der Waals surface area contributed by atoms with E-state index in [1.807, 2.05) is 60.8 Å². The molecule has 0 aliphatic carbocycles. The predicted octanol–water partition coefficient (Wildman–Crippen LogP) is 4.05. The lowest BCUT2D eigenvalue weighted by molar-refractivity contribution is 0.134. The van der Waals surface area contributed by atoms with Crippen molar-refractivity contribution in [2.75, 3.05) is 6.54 Å². The summed E-state index contributed by atoms with van der Waals surface area (Å²) in [6.45, 7) is 2.43. The number of carbonyl (C=O) groups is 1. The molecule has 0 saturated carbocycles. The fourth-order valence-corrected chi connectivity index (χ4v) is 4.55. The molecule has 0 aliphatic heterocycles.